The van der Waals surface area contributed by atoms with Crippen molar-refractivity contribution in [1.29, 1.82) is 0 Å². The van der Waals surface area contributed by atoms with Crippen LogP contribution in [0.3, 0.4) is 0 Å². The third-order valence-electron chi connectivity index (χ3n) is 3.92. The Hall–Kier alpha value is -2.34. The van der Waals surface area contributed by atoms with Crippen molar-refractivity contribution in [1.82, 2.24) is 16.0 Å². The molecule has 5 nitrogen and oxygen atoms in total. The van der Waals surface area contributed by atoms with Crippen LogP contribution in [0.5, 0.6) is 0 Å². The minimum Gasteiger partial charge on any atom is -0.354 e. The Morgan fingerprint density at radius 2 is 1.88 bits per heavy atom. The Kier molecular flexibility index (Phi) is 7.66. The molecule has 0 aliphatic carbocycles. The lowest BCUT2D eigenvalue weighted by Crippen LogP contribution is -2.42. The molecule has 1 amide bonds. The summed E-state index contributed by atoms with van der Waals surface area (Å²) in [6.07, 6.45) is 0.973. The Labute approximate surface area is 159 Å². The van der Waals surface area contributed by atoms with Crippen LogP contribution in [0.2, 0.25) is 0 Å². The third kappa shape index (κ3) is 6.19. The van der Waals surface area contributed by atoms with Gasteiger partial charge in [0.15, 0.2) is 5.96 Å². The third-order valence-corrected chi connectivity index (χ3v) is 4.95. The summed E-state index contributed by atoms with van der Waals surface area (Å²) in [7, 11) is 1.77. The number of aliphatic imine (C=N–C) groups is 1. The number of carbonyl (C=O) groups is 1. The molecule has 0 radical (unpaired) electrons. The van der Waals surface area contributed by atoms with E-state index < -0.39 is 0 Å². The van der Waals surface area contributed by atoms with Crippen molar-refractivity contribution >= 4 is 23.2 Å². The van der Waals surface area contributed by atoms with Gasteiger partial charge in [-0.3, -0.25) is 9.79 Å². The molecule has 1 atom stereocenters. The second kappa shape index (κ2) is 9.97. The summed E-state index contributed by atoms with van der Waals surface area (Å²) in [5.41, 5.74) is 1.78. The van der Waals surface area contributed by atoms with Crippen LogP contribution in [0, 0.1) is 6.92 Å². The number of thiophene rings is 1. The number of carbonyl (C=O) groups excluding carboxylic acids is 1. The first-order valence-corrected chi connectivity index (χ1v) is 9.73. The number of benzene rings is 1. The van der Waals surface area contributed by atoms with Crippen LogP contribution in [-0.2, 0) is 13.0 Å². The molecule has 1 aromatic heterocycles. The molecule has 0 fully saturated rings. The normalized spacial score (nSPS) is 12.5. The molecule has 0 saturated heterocycles. The van der Waals surface area contributed by atoms with Crippen molar-refractivity contribution in [3.63, 3.8) is 0 Å². The predicted octanol–water partition coefficient (Wildman–Crippen LogP) is 3.10. The van der Waals surface area contributed by atoms with E-state index in [1.807, 2.05) is 42.5 Å². The minimum absolute atomic E-state index is 0.0397. The molecule has 2 aromatic rings. The van der Waals surface area contributed by atoms with E-state index in [1.165, 1.54) is 9.75 Å². The van der Waals surface area contributed by atoms with Crippen LogP contribution < -0.4 is 16.0 Å². The van der Waals surface area contributed by atoms with Crippen LogP contribution in [0.1, 0.15) is 39.5 Å². The molecule has 3 N–H and O–H groups in total. The second-order valence-corrected chi connectivity index (χ2v) is 7.62. The molecule has 26 heavy (non-hydrogen) atoms. The van der Waals surface area contributed by atoms with Gasteiger partial charge in [-0.15, -0.1) is 11.3 Å². The fourth-order valence-electron chi connectivity index (χ4n) is 2.60. The maximum atomic E-state index is 11.8. The van der Waals surface area contributed by atoms with Gasteiger partial charge in [-0.2, -0.15) is 0 Å². The summed E-state index contributed by atoms with van der Waals surface area (Å²) in [4.78, 5) is 18.8. The van der Waals surface area contributed by atoms with E-state index in [9.17, 15) is 4.79 Å². The van der Waals surface area contributed by atoms with Gasteiger partial charge >= 0.3 is 0 Å². The van der Waals surface area contributed by atoms with E-state index in [-0.39, 0.29) is 5.91 Å². The number of nitrogens with zero attached hydrogens (tertiary/aromatic N) is 1. The fraction of sp³-hybridized carbons (Fsp3) is 0.400. The van der Waals surface area contributed by atoms with Gasteiger partial charge in [0, 0.05) is 47.9 Å². The highest BCUT2D eigenvalue weighted by atomic mass is 32.1. The van der Waals surface area contributed by atoms with Crippen LogP contribution in [0.15, 0.2) is 41.4 Å². The van der Waals surface area contributed by atoms with E-state index in [0.29, 0.717) is 24.7 Å². The van der Waals surface area contributed by atoms with Crippen molar-refractivity contribution in [2.75, 3.05) is 13.6 Å². The average Bonchev–Trinajstić information content (AvgIpc) is 3.03. The summed E-state index contributed by atoms with van der Waals surface area (Å²) in [5.74, 6) is 0.737. The fourth-order valence-corrected chi connectivity index (χ4v) is 3.62. The molecule has 0 bridgehead atoms. The number of aryl methyl sites for hydroxylation is 1. The van der Waals surface area contributed by atoms with Crippen molar-refractivity contribution in [3.05, 3.63) is 57.3 Å². The lowest BCUT2D eigenvalue weighted by Gasteiger charge is -2.17. The summed E-state index contributed by atoms with van der Waals surface area (Å²) >= 11 is 1.84. The van der Waals surface area contributed by atoms with E-state index in [4.69, 9.17) is 0 Å². The summed E-state index contributed by atoms with van der Waals surface area (Å²) < 4.78 is 0. The molecule has 6 heteroatoms. The molecule has 0 spiro atoms. The Bertz CT molecular complexity index is 737. The molecule has 2 rings (SSSR count). The van der Waals surface area contributed by atoms with Gasteiger partial charge in [0.25, 0.3) is 5.91 Å². The van der Waals surface area contributed by atoms with E-state index >= 15 is 0 Å². The van der Waals surface area contributed by atoms with Gasteiger partial charge in [-0.25, -0.2) is 0 Å². The van der Waals surface area contributed by atoms with Crippen LogP contribution in [0.25, 0.3) is 0 Å². The lowest BCUT2D eigenvalue weighted by atomic mass is 10.1. The van der Waals surface area contributed by atoms with E-state index in [1.54, 1.807) is 7.05 Å². The van der Waals surface area contributed by atoms with Crippen molar-refractivity contribution in [3.8, 4) is 0 Å². The van der Waals surface area contributed by atoms with E-state index in [2.05, 4.69) is 46.9 Å². The van der Waals surface area contributed by atoms with E-state index in [0.717, 1.165) is 17.9 Å². The highest BCUT2D eigenvalue weighted by Crippen LogP contribution is 2.16. The second-order valence-electron chi connectivity index (χ2n) is 6.24. The Morgan fingerprint density at radius 3 is 2.46 bits per heavy atom. The van der Waals surface area contributed by atoms with Crippen LogP contribution in [0.4, 0.5) is 0 Å². The molecule has 1 unspecified atom stereocenters. The first-order valence-electron chi connectivity index (χ1n) is 8.91. The van der Waals surface area contributed by atoms with Crippen LogP contribution in [-0.4, -0.2) is 31.5 Å². The summed E-state index contributed by atoms with van der Waals surface area (Å²) in [6.45, 7) is 7.48. The summed E-state index contributed by atoms with van der Waals surface area (Å²) in [6, 6.07) is 12.2. The zero-order chi connectivity index (χ0) is 18.9. The molecule has 0 saturated carbocycles. The number of guanidine groups is 1. The Balaban J connectivity index is 1.83. The van der Waals surface area contributed by atoms with Crippen LogP contribution >= 0.6 is 11.3 Å². The monoisotopic (exact) mass is 372 g/mol. The molecule has 0 aliphatic heterocycles. The number of nitrogens with one attached hydrogen (secondary N) is 3. The molecular weight excluding hydrogens is 344 g/mol. The van der Waals surface area contributed by atoms with Crippen molar-refractivity contribution in [2.45, 2.75) is 39.8 Å². The van der Waals surface area contributed by atoms with Crippen molar-refractivity contribution in [2.24, 2.45) is 4.99 Å². The first kappa shape index (κ1) is 20.0. The number of hydrogen-bond donors (Lipinski definition) is 3. The van der Waals surface area contributed by atoms with Gasteiger partial charge in [0.1, 0.15) is 0 Å². The van der Waals surface area contributed by atoms with Gasteiger partial charge in [-0.05, 0) is 50.6 Å². The zero-order valence-electron chi connectivity index (χ0n) is 15.9. The predicted molar refractivity (Wildman–Crippen MR) is 110 cm³/mol. The smallest absolute Gasteiger partial charge is 0.251 e. The maximum absolute atomic E-state index is 11.8. The maximum Gasteiger partial charge on any atom is 0.251 e. The first-order chi connectivity index (χ1) is 12.5. The molecule has 0 aliphatic rings. The van der Waals surface area contributed by atoms with Gasteiger partial charge < -0.3 is 16.0 Å². The topological polar surface area (TPSA) is 65.5 Å². The van der Waals surface area contributed by atoms with Gasteiger partial charge in [0.2, 0.25) is 0 Å². The van der Waals surface area contributed by atoms with Gasteiger partial charge in [0.05, 0.1) is 0 Å². The number of amides is 1. The SMILES string of the molecule is CCNC(=O)c1ccc(CNC(=NC)NC(C)Cc2ccc(C)s2)cc1. The highest BCUT2D eigenvalue weighted by Gasteiger charge is 2.08. The standard InChI is InChI=1S/C20H28N4OS/c1-5-22-19(25)17-9-7-16(8-10-17)13-23-20(21-4)24-14(2)12-18-11-6-15(3)26-18/h6-11,14H,5,12-13H2,1-4H3,(H,22,25)(H2,21,23,24). The number of hydrogen-bond acceptors (Lipinski definition) is 3. The lowest BCUT2D eigenvalue weighted by molar-refractivity contribution is 0.0956. The Morgan fingerprint density at radius 1 is 1.15 bits per heavy atom. The number of rotatable bonds is 7. The van der Waals surface area contributed by atoms with Crippen molar-refractivity contribution < 1.29 is 4.79 Å². The average molecular weight is 373 g/mol. The molecule has 1 aromatic carbocycles. The minimum atomic E-state index is -0.0397. The molecular formula is C20H28N4OS. The van der Waals surface area contributed by atoms with Gasteiger partial charge in [-0.1, -0.05) is 12.1 Å². The summed E-state index contributed by atoms with van der Waals surface area (Å²) in [5, 5.41) is 9.55. The highest BCUT2D eigenvalue weighted by molar-refractivity contribution is 7.11. The largest absolute Gasteiger partial charge is 0.354 e. The quantitative estimate of drug-likeness (QED) is 0.517. The zero-order valence-corrected chi connectivity index (χ0v) is 16.7. The molecule has 1 heterocycles. The molecule has 140 valence electrons.